The fraction of sp³-hybridized carbons (Fsp3) is 0.929. The highest BCUT2D eigenvalue weighted by Gasteiger charge is 2.28. The molecule has 0 amide bonds. The van der Waals surface area contributed by atoms with E-state index in [0.29, 0.717) is 11.8 Å². The zero-order valence-electron chi connectivity index (χ0n) is 10.7. The van der Waals surface area contributed by atoms with Crippen molar-refractivity contribution in [2.75, 3.05) is 19.7 Å². The third kappa shape index (κ3) is 3.52. The Hall–Kier alpha value is -0.410. The predicted molar refractivity (Wildman–Crippen MR) is 67.9 cm³/mol. The van der Waals surface area contributed by atoms with Gasteiger partial charge in [-0.2, -0.15) is 0 Å². The molecule has 0 radical (unpaired) electrons. The molecule has 2 aliphatic rings. The average Bonchev–Trinajstić information content (AvgIpc) is 2.85. The Balaban J connectivity index is 1.89. The van der Waals surface area contributed by atoms with Crippen molar-refractivity contribution < 1.29 is 9.90 Å². The fourth-order valence-electron chi connectivity index (χ4n) is 3.35. The standard InChI is InChI=1S/C14H25NO2/c16-10-9-15(13-6-2-3-7-13)11-12-5-1-4-8-14(12)17/h12-13,16H,1-11H2. The van der Waals surface area contributed by atoms with Crippen LogP contribution in [0.25, 0.3) is 0 Å². The van der Waals surface area contributed by atoms with Gasteiger partial charge in [0.05, 0.1) is 6.61 Å². The first-order chi connectivity index (χ1) is 8.31. The summed E-state index contributed by atoms with van der Waals surface area (Å²) in [5.41, 5.74) is 0. The van der Waals surface area contributed by atoms with E-state index < -0.39 is 0 Å². The molecule has 1 N–H and O–H groups in total. The molecule has 3 heteroatoms. The van der Waals surface area contributed by atoms with Gasteiger partial charge in [-0.15, -0.1) is 0 Å². The lowest BCUT2D eigenvalue weighted by Crippen LogP contribution is -2.41. The molecule has 17 heavy (non-hydrogen) atoms. The summed E-state index contributed by atoms with van der Waals surface area (Å²) in [4.78, 5) is 14.2. The zero-order chi connectivity index (χ0) is 12.1. The minimum absolute atomic E-state index is 0.220. The normalized spacial score (nSPS) is 26.9. The number of nitrogens with zero attached hydrogens (tertiary/aromatic N) is 1. The molecule has 2 fully saturated rings. The van der Waals surface area contributed by atoms with Gasteiger partial charge < -0.3 is 5.11 Å². The van der Waals surface area contributed by atoms with Crippen LogP contribution in [0.5, 0.6) is 0 Å². The maximum Gasteiger partial charge on any atom is 0.137 e. The topological polar surface area (TPSA) is 40.5 Å². The third-order valence-electron chi connectivity index (χ3n) is 4.36. The maximum absolute atomic E-state index is 11.9. The molecular formula is C14H25NO2. The summed E-state index contributed by atoms with van der Waals surface area (Å²) in [6.07, 6.45) is 9.25. The highest BCUT2D eigenvalue weighted by Crippen LogP contribution is 2.27. The Kier molecular flexibility index (Phi) is 4.99. The second-order valence-electron chi connectivity index (χ2n) is 5.57. The predicted octanol–water partition coefficient (Wildman–Crippen LogP) is 1.98. The number of Topliss-reactive ketones (excluding diaryl/α,β-unsaturated/α-hetero) is 1. The summed E-state index contributed by atoms with van der Waals surface area (Å²) in [7, 11) is 0. The van der Waals surface area contributed by atoms with Crippen LogP contribution in [-0.4, -0.2) is 41.5 Å². The van der Waals surface area contributed by atoms with Crippen molar-refractivity contribution in [2.45, 2.75) is 57.4 Å². The van der Waals surface area contributed by atoms with Gasteiger partial charge in [-0.3, -0.25) is 9.69 Å². The highest BCUT2D eigenvalue weighted by atomic mass is 16.3. The lowest BCUT2D eigenvalue weighted by atomic mass is 9.87. The third-order valence-corrected chi connectivity index (χ3v) is 4.36. The van der Waals surface area contributed by atoms with Crippen LogP contribution in [0.3, 0.4) is 0 Å². The number of hydrogen-bond donors (Lipinski definition) is 1. The van der Waals surface area contributed by atoms with E-state index in [-0.39, 0.29) is 12.5 Å². The van der Waals surface area contributed by atoms with Crippen LogP contribution in [0.4, 0.5) is 0 Å². The van der Waals surface area contributed by atoms with E-state index in [4.69, 9.17) is 5.11 Å². The second-order valence-corrected chi connectivity index (χ2v) is 5.57. The van der Waals surface area contributed by atoms with Crippen molar-refractivity contribution in [3.63, 3.8) is 0 Å². The van der Waals surface area contributed by atoms with Crippen molar-refractivity contribution in [2.24, 2.45) is 5.92 Å². The summed E-state index contributed by atoms with van der Waals surface area (Å²) in [6, 6.07) is 0.622. The van der Waals surface area contributed by atoms with E-state index in [9.17, 15) is 4.79 Å². The molecule has 0 spiro atoms. The van der Waals surface area contributed by atoms with Gasteiger partial charge in [0.1, 0.15) is 5.78 Å². The molecule has 0 aromatic heterocycles. The van der Waals surface area contributed by atoms with Gasteiger partial charge in [-0.1, -0.05) is 19.3 Å². The number of rotatable bonds is 5. The summed E-state index contributed by atoms with van der Waals surface area (Å²) in [5.74, 6) is 0.702. The van der Waals surface area contributed by atoms with Gasteiger partial charge in [-0.05, 0) is 25.7 Å². The zero-order valence-corrected chi connectivity index (χ0v) is 10.7. The van der Waals surface area contributed by atoms with E-state index in [1.54, 1.807) is 0 Å². The van der Waals surface area contributed by atoms with Crippen molar-refractivity contribution in [3.05, 3.63) is 0 Å². The molecule has 0 heterocycles. The summed E-state index contributed by atoms with van der Waals surface area (Å²) < 4.78 is 0. The minimum atomic E-state index is 0.220. The van der Waals surface area contributed by atoms with Crippen LogP contribution in [0.15, 0.2) is 0 Å². The molecule has 1 atom stereocenters. The summed E-state index contributed by atoms with van der Waals surface area (Å²) >= 11 is 0. The first kappa shape index (κ1) is 13.0. The average molecular weight is 239 g/mol. The molecule has 1 unspecified atom stereocenters. The Morgan fingerprint density at radius 1 is 1.12 bits per heavy atom. The van der Waals surface area contributed by atoms with Gasteiger partial charge in [0, 0.05) is 31.5 Å². The smallest absolute Gasteiger partial charge is 0.137 e. The van der Waals surface area contributed by atoms with Crippen molar-refractivity contribution in [1.82, 2.24) is 4.90 Å². The van der Waals surface area contributed by atoms with Gasteiger partial charge in [-0.25, -0.2) is 0 Å². The van der Waals surface area contributed by atoms with E-state index in [1.807, 2.05) is 0 Å². The molecule has 0 bridgehead atoms. The second kappa shape index (κ2) is 6.50. The van der Waals surface area contributed by atoms with Crippen LogP contribution in [-0.2, 0) is 4.79 Å². The number of aliphatic hydroxyl groups is 1. The first-order valence-corrected chi connectivity index (χ1v) is 7.19. The van der Waals surface area contributed by atoms with E-state index in [2.05, 4.69) is 4.90 Å². The van der Waals surface area contributed by atoms with Gasteiger partial charge in [0.2, 0.25) is 0 Å². The number of ketones is 1. The molecule has 0 aromatic carbocycles. The molecule has 3 nitrogen and oxygen atoms in total. The molecule has 98 valence electrons. The molecule has 0 aliphatic heterocycles. The van der Waals surface area contributed by atoms with Crippen LogP contribution < -0.4 is 0 Å². The van der Waals surface area contributed by atoms with Crippen LogP contribution in [0, 0.1) is 5.92 Å². The number of aliphatic hydroxyl groups excluding tert-OH is 1. The summed E-state index contributed by atoms with van der Waals surface area (Å²) in [5, 5.41) is 9.17. The van der Waals surface area contributed by atoms with Gasteiger partial charge >= 0.3 is 0 Å². The monoisotopic (exact) mass is 239 g/mol. The van der Waals surface area contributed by atoms with E-state index in [1.165, 1.54) is 32.1 Å². The summed E-state index contributed by atoms with van der Waals surface area (Å²) in [6.45, 7) is 1.86. The molecule has 2 aliphatic carbocycles. The van der Waals surface area contributed by atoms with E-state index >= 15 is 0 Å². The Bertz CT molecular complexity index is 249. The Morgan fingerprint density at radius 2 is 1.82 bits per heavy atom. The molecule has 0 saturated heterocycles. The SMILES string of the molecule is O=C1CCCCC1CN(CCO)C1CCCC1. The molecule has 0 aromatic rings. The lowest BCUT2D eigenvalue weighted by Gasteiger charge is -2.32. The molecule has 2 saturated carbocycles. The fourth-order valence-corrected chi connectivity index (χ4v) is 3.35. The lowest BCUT2D eigenvalue weighted by molar-refractivity contribution is -0.125. The van der Waals surface area contributed by atoms with E-state index in [0.717, 1.165) is 32.4 Å². The number of carbonyl (C=O) groups excluding carboxylic acids is 1. The maximum atomic E-state index is 11.9. The van der Waals surface area contributed by atoms with Crippen molar-refractivity contribution >= 4 is 5.78 Å². The molecule has 2 rings (SSSR count). The number of hydrogen-bond acceptors (Lipinski definition) is 3. The Morgan fingerprint density at radius 3 is 2.47 bits per heavy atom. The van der Waals surface area contributed by atoms with Crippen molar-refractivity contribution in [1.29, 1.82) is 0 Å². The van der Waals surface area contributed by atoms with Crippen molar-refractivity contribution in [3.8, 4) is 0 Å². The molecular weight excluding hydrogens is 214 g/mol. The van der Waals surface area contributed by atoms with Crippen LogP contribution in [0.2, 0.25) is 0 Å². The first-order valence-electron chi connectivity index (χ1n) is 7.19. The van der Waals surface area contributed by atoms with Gasteiger partial charge in [0.15, 0.2) is 0 Å². The van der Waals surface area contributed by atoms with Gasteiger partial charge in [0.25, 0.3) is 0 Å². The minimum Gasteiger partial charge on any atom is -0.395 e. The van der Waals surface area contributed by atoms with Crippen LogP contribution in [0.1, 0.15) is 51.4 Å². The largest absolute Gasteiger partial charge is 0.395 e. The van der Waals surface area contributed by atoms with Crippen LogP contribution >= 0.6 is 0 Å². The highest BCUT2D eigenvalue weighted by molar-refractivity contribution is 5.81. The quantitative estimate of drug-likeness (QED) is 0.797. The number of carbonyl (C=O) groups is 1. The Labute approximate surface area is 104 Å².